The van der Waals surface area contributed by atoms with E-state index < -0.39 is 0 Å². The van der Waals surface area contributed by atoms with Crippen molar-refractivity contribution in [3.05, 3.63) is 61.6 Å². The van der Waals surface area contributed by atoms with Gasteiger partial charge in [0.05, 0.1) is 19.2 Å². The van der Waals surface area contributed by atoms with Crippen molar-refractivity contribution in [1.82, 2.24) is 29.7 Å². The normalized spacial score (nSPS) is 10.8. The fourth-order valence-corrected chi connectivity index (χ4v) is 3.46. The summed E-state index contributed by atoms with van der Waals surface area (Å²) in [5, 5.41) is 9.46. The average molecular weight is 452 g/mol. The largest absolute Gasteiger partial charge is 0.493 e. The lowest BCUT2D eigenvalue weighted by Crippen LogP contribution is -2.06. The number of nitrogens with one attached hydrogen (secondary N) is 2. The molecule has 3 aromatic heterocycles. The standard InChI is InChI=1S/C22H21N7O2.ClH/c1-30-20-10-17-19(11-21(20)31-8-2-7-29-14-23-12-27-29)25-13-26-22(17)28-16-3-4-18-15(9-16)5-6-24-18;/h3-6,9-14,24H,2,7-8H2,1H3,(H,25,26,28);1H. The Hall–Kier alpha value is -3.85. The van der Waals surface area contributed by atoms with Gasteiger partial charge < -0.3 is 19.8 Å². The van der Waals surface area contributed by atoms with Crippen LogP contribution < -0.4 is 14.8 Å². The predicted octanol–water partition coefficient (Wildman–Crippen LogP) is 4.35. The minimum atomic E-state index is 0. The summed E-state index contributed by atoms with van der Waals surface area (Å²) in [5.74, 6) is 1.98. The molecule has 10 heteroatoms. The maximum absolute atomic E-state index is 5.96. The molecule has 0 atom stereocenters. The van der Waals surface area contributed by atoms with Gasteiger partial charge in [-0.3, -0.25) is 4.68 Å². The Balaban J connectivity index is 0.00000245. The van der Waals surface area contributed by atoms with Crippen LogP contribution in [-0.2, 0) is 6.54 Å². The number of nitrogens with zero attached hydrogens (tertiary/aromatic N) is 5. The zero-order valence-corrected chi connectivity index (χ0v) is 18.2. The van der Waals surface area contributed by atoms with Gasteiger partial charge in [0.1, 0.15) is 24.8 Å². The number of ether oxygens (including phenoxy) is 2. The number of aromatic nitrogens is 6. The molecule has 0 unspecified atom stereocenters. The Morgan fingerprint density at radius 2 is 2.00 bits per heavy atom. The van der Waals surface area contributed by atoms with Gasteiger partial charge in [0, 0.05) is 47.2 Å². The van der Waals surface area contributed by atoms with E-state index in [0.717, 1.165) is 40.5 Å². The lowest BCUT2D eigenvalue weighted by atomic mass is 10.2. The molecule has 9 nitrogen and oxygen atoms in total. The summed E-state index contributed by atoms with van der Waals surface area (Å²) in [6.45, 7) is 1.26. The van der Waals surface area contributed by atoms with Crippen LogP contribution in [0, 0.1) is 0 Å². The molecule has 164 valence electrons. The molecular weight excluding hydrogens is 430 g/mol. The Morgan fingerprint density at radius 1 is 1.06 bits per heavy atom. The number of hydrogen-bond acceptors (Lipinski definition) is 7. The van der Waals surface area contributed by atoms with Crippen LogP contribution in [0.2, 0.25) is 0 Å². The van der Waals surface area contributed by atoms with Gasteiger partial charge in [-0.15, -0.1) is 12.4 Å². The number of methoxy groups -OCH3 is 1. The Labute approximate surface area is 190 Å². The van der Waals surface area contributed by atoms with Crippen molar-refractivity contribution in [2.24, 2.45) is 0 Å². The van der Waals surface area contributed by atoms with E-state index in [2.05, 4.69) is 36.4 Å². The second-order valence-electron chi connectivity index (χ2n) is 7.01. The van der Waals surface area contributed by atoms with Gasteiger partial charge in [-0.05, 0) is 30.3 Å². The van der Waals surface area contributed by atoms with Crippen LogP contribution in [0.25, 0.3) is 21.8 Å². The van der Waals surface area contributed by atoms with Gasteiger partial charge in [-0.2, -0.15) is 5.10 Å². The summed E-state index contributed by atoms with van der Waals surface area (Å²) in [5.41, 5.74) is 2.80. The lowest BCUT2D eigenvalue weighted by Gasteiger charge is -2.14. The second kappa shape index (κ2) is 9.52. The first-order chi connectivity index (χ1) is 15.3. The SMILES string of the molecule is COc1cc2c(Nc3ccc4[nH]ccc4c3)ncnc2cc1OCCCn1cncn1.Cl. The van der Waals surface area contributed by atoms with Crippen molar-refractivity contribution in [1.29, 1.82) is 0 Å². The first-order valence-corrected chi connectivity index (χ1v) is 9.92. The van der Waals surface area contributed by atoms with Crippen LogP contribution in [-0.4, -0.2) is 43.4 Å². The van der Waals surface area contributed by atoms with Gasteiger partial charge in [-0.1, -0.05) is 0 Å². The van der Waals surface area contributed by atoms with E-state index in [9.17, 15) is 0 Å². The second-order valence-corrected chi connectivity index (χ2v) is 7.01. The third-order valence-corrected chi connectivity index (χ3v) is 4.99. The Bertz CT molecular complexity index is 1320. The molecule has 0 saturated carbocycles. The Morgan fingerprint density at radius 3 is 2.84 bits per heavy atom. The van der Waals surface area contributed by atoms with E-state index in [-0.39, 0.29) is 12.4 Å². The number of aromatic amines is 1. The molecule has 0 aliphatic rings. The maximum Gasteiger partial charge on any atom is 0.163 e. The third kappa shape index (κ3) is 4.42. The van der Waals surface area contributed by atoms with Crippen molar-refractivity contribution in [3.8, 4) is 11.5 Å². The topological polar surface area (TPSA) is 103 Å². The molecule has 3 heterocycles. The highest BCUT2D eigenvalue weighted by Gasteiger charge is 2.12. The van der Waals surface area contributed by atoms with Crippen molar-refractivity contribution in [3.63, 3.8) is 0 Å². The summed E-state index contributed by atoms with van der Waals surface area (Å²) in [6.07, 6.45) is 7.47. The highest BCUT2D eigenvalue weighted by molar-refractivity contribution is 5.94. The van der Waals surface area contributed by atoms with Gasteiger partial charge in [0.15, 0.2) is 11.5 Å². The molecule has 2 aromatic carbocycles. The summed E-state index contributed by atoms with van der Waals surface area (Å²) in [7, 11) is 1.63. The molecule has 0 bridgehead atoms. The van der Waals surface area contributed by atoms with Crippen molar-refractivity contribution >= 4 is 45.7 Å². The molecule has 0 aliphatic carbocycles. The first kappa shape index (κ1) is 21.4. The summed E-state index contributed by atoms with van der Waals surface area (Å²) in [4.78, 5) is 16.0. The van der Waals surface area contributed by atoms with Crippen LogP contribution in [0.1, 0.15) is 6.42 Å². The van der Waals surface area contributed by atoms with E-state index in [1.165, 1.54) is 6.33 Å². The number of anilines is 2. The van der Waals surface area contributed by atoms with Crippen molar-refractivity contribution in [2.75, 3.05) is 19.0 Å². The quantitative estimate of drug-likeness (QED) is 0.338. The highest BCUT2D eigenvalue weighted by Crippen LogP contribution is 2.35. The number of hydrogen-bond donors (Lipinski definition) is 2. The van der Waals surface area contributed by atoms with Crippen LogP contribution in [0.4, 0.5) is 11.5 Å². The fourth-order valence-electron chi connectivity index (χ4n) is 3.46. The number of halogens is 1. The van der Waals surface area contributed by atoms with Crippen molar-refractivity contribution in [2.45, 2.75) is 13.0 Å². The van der Waals surface area contributed by atoms with E-state index in [1.54, 1.807) is 24.4 Å². The molecule has 5 rings (SSSR count). The van der Waals surface area contributed by atoms with Gasteiger partial charge >= 0.3 is 0 Å². The minimum Gasteiger partial charge on any atom is -0.493 e. The molecule has 0 spiro atoms. The molecule has 0 radical (unpaired) electrons. The molecular formula is C22H22ClN7O2. The smallest absolute Gasteiger partial charge is 0.163 e. The van der Waals surface area contributed by atoms with Crippen LogP contribution >= 0.6 is 12.4 Å². The summed E-state index contributed by atoms with van der Waals surface area (Å²) in [6, 6.07) is 11.9. The number of aryl methyl sites for hydroxylation is 1. The Kier molecular flexibility index (Phi) is 6.37. The van der Waals surface area contributed by atoms with Gasteiger partial charge in [-0.25, -0.2) is 15.0 Å². The lowest BCUT2D eigenvalue weighted by molar-refractivity contribution is 0.281. The summed E-state index contributed by atoms with van der Waals surface area (Å²) >= 11 is 0. The molecule has 0 fully saturated rings. The molecule has 0 saturated heterocycles. The minimum absolute atomic E-state index is 0. The number of rotatable bonds is 8. The highest BCUT2D eigenvalue weighted by atomic mass is 35.5. The number of fused-ring (bicyclic) bond motifs is 2. The molecule has 5 aromatic rings. The van der Waals surface area contributed by atoms with Gasteiger partial charge in [0.25, 0.3) is 0 Å². The first-order valence-electron chi connectivity index (χ1n) is 9.92. The fraction of sp³-hybridized carbons (Fsp3) is 0.182. The number of benzene rings is 2. The van der Waals surface area contributed by atoms with E-state index in [0.29, 0.717) is 23.9 Å². The monoisotopic (exact) mass is 451 g/mol. The van der Waals surface area contributed by atoms with E-state index in [1.807, 2.05) is 36.5 Å². The van der Waals surface area contributed by atoms with Crippen LogP contribution in [0.5, 0.6) is 11.5 Å². The third-order valence-electron chi connectivity index (χ3n) is 4.99. The molecule has 32 heavy (non-hydrogen) atoms. The zero-order chi connectivity index (χ0) is 21.0. The molecule has 0 amide bonds. The number of H-pyrrole nitrogens is 1. The van der Waals surface area contributed by atoms with Crippen LogP contribution in [0.3, 0.4) is 0 Å². The van der Waals surface area contributed by atoms with Crippen molar-refractivity contribution < 1.29 is 9.47 Å². The summed E-state index contributed by atoms with van der Waals surface area (Å²) < 4.78 is 13.3. The predicted molar refractivity (Wildman–Crippen MR) is 125 cm³/mol. The van der Waals surface area contributed by atoms with E-state index in [4.69, 9.17) is 9.47 Å². The van der Waals surface area contributed by atoms with E-state index >= 15 is 0 Å². The molecule has 2 N–H and O–H groups in total. The van der Waals surface area contributed by atoms with Gasteiger partial charge in [0.2, 0.25) is 0 Å². The average Bonchev–Trinajstić information content (AvgIpc) is 3.48. The van der Waals surface area contributed by atoms with Crippen LogP contribution in [0.15, 0.2) is 61.6 Å². The zero-order valence-electron chi connectivity index (χ0n) is 17.4. The molecule has 0 aliphatic heterocycles. The maximum atomic E-state index is 5.96.